The Morgan fingerprint density at radius 1 is 1.44 bits per heavy atom. The molecule has 0 spiro atoms. The van der Waals surface area contributed by atoms with Crippen molar-refractivity contribution in [2.75, 3.05) is 0 Å². The molecular formula is C7H6HgO. The van der Waals surface area contributed by atoms with E-state index in [1.165, 1.54) is 5.56 Å². The van der Waals surface area contributed by atoms with Crippen molar-refractivity contribution in [1.29, 1.82) is 0 Å². The van der Waals surface area contributed by atoms with E-state index >= 15 is 0 Å². The molecule has 0 atom stereocenters. The zero-order chi connectivity index (χ0) is 6.27. The van der Waals surface area contributed by atoms with E-state index in [-0.39, 0.29) is 0 Å². The summed E-state index contributed by atoms with van der Waals surface area (Å²) < 4.78 is 6.97. The number of rotatable bonds is 0. The standard InChI is InChI=1S/C7H7O.Hg/c1-6-3-2-4-7(8)5-6;/h2-4,8H,1H3;/q;+1/p-1. The number of fused-ring (bicyclic) bond motifs is 1. The molecule has 0 amide bonds. The van der Waals surface area contributed by atoms with Crippen LogP contribution in [-0.4, -0.2) is 0 Å². The first-order valence-electron chi connectivity index (χ1n) is 3.09. The molecule has 0 N–H and O–H groups in total. The molecule has 2 heteroatoms. The van der Waals surface area contributed by atoms with Crippen LogP contribution in [0.4, 0.5) is 0 Å². The molecule has 0 saturated carbocycles. The fourth-order valence-electron chi connectivity index (χ4n) is 1.06. The van der Waals surface area contributed by atoms with Crippen LogP contribution in [0.1, 0.15) is 5.56 Å². The van der Waals surface area contributed by atoms with Crippen LogP contribution in [0.15, 0.2) is 18.2 Å². The second-order valence-corrected chi connectivity index (χ2v) is 7.33. The van der Waals surface area contributed by atoms with Gasteiger partial charge in [-0.25, -0.2) is 0 Å². The van der Waals surface area contributed by atoms with Crippen LogP contribution in [0.2, 0.25) is 0 Å². The zero-order valence-corrected chi connectivity index (χ0v) is 10.8. The number of benzene rings is 1. The van der Waals surface area contributed by atoms with E-state index < -0.39 is 25.0 Å². The van der Waals surface area contributed by atoms with E-state index in [1.807, 2.05) is 0 Å². The van der Waals surface area contributed by atoms with Crippen LogP contribution in [0.25, 0.3) is 0 Å². The first-order chi connectivity index (χ1) is 4.38. The molecule has 1 aromatic carbocycles. The van der Waals surface area contributed by atoms with Gasteiger partial charge < -0.3 is 0 Å². The van der Waals surface area contributed by atoms with Crippen molar-refractivity contribution in [3.05, 3.63) is 23.8 Å². The van der Waals surface area contributed by atoms with Crippen LogP contribution >= 0.6 is 0 Å². The Labute approximate surface area is 67.1 Å². The Hall–Kier alpha value is -0.0449. The van der Waals surface area contributed by atoms with Crippen LogP contribution in [0, 0.1) is 6.92 Å². The van der Waals surface area contributed by atoms with Crippen molar-refractivity contribution < 1.29 is 27.7 Å². The summed E-state index contributed by atoms with van der Waals surface area (Å²) >= 11 is -0.926. The van der Waals surface area contributed by atoms with E-state index in [2.05, 4.69) is 25.1 Å². The predicted octanol–water partition coefficient (Wildman–Crippen LogP) is 1.01. The van der Waals surface area contributed by atoms with Gasteiger partial charge in [0.15, 0.2) is 0 Å². The second-order valence-electron chi connectivity index (χ2n) is 2.34. The third kappa shape index (κ3) is 0.785. The molecule has 0 fully saturated rings. The second kappa shape index (κ2) is 1.98. The fraction of sp³-hybridized carbons (Fsp3) is 0.143. The van der Waals surface area contributed by atoms with Gasteiger partial charge in [-0.05, 0) is 0 Å². The van der Waals surface area contributed by atoms with Crippen molar-refractivity contribution in [1.82, 2.24) is 0 Å². The topological polar surface area (TPSA) is 9.23 Å². The third-order valence-electron chi connectivity index (χ3n) is 1.74. The first kappa shape index (κ1) is 5.72. The quantitative estimate of drug-likeness (QED) is 0.650. The maximum atomic E-state index is 5.38. The Kier molecular flexibility index (Phi) is 1.26. The monoisotopic (exact) mass is 308 g/mol. The average Bonchev–Trinajstić information content (AvgIpc) is 1.74. The first-order valence-corrected chi connectivity index (χ1v) is 8.08. The van der Waals surface area contributed by atoms with Crippen LogP contribution in [0.3, 0.4) is 0 Å². The summed E-state index contributed by atoms with van der Waals surface area (Å²) in [5.41, 5.74) is 1.44. The van der Waals surface area contributed by atoms with Crippen molar-refractivity contribution in [2.45, 2.75) is 6.92 Å². The van der Waals surface area contributed by atoms with Gasteiger partial charge in [-0.15, -0.1) is 0 Å². The van der Waals surface area contributed by atoms with Crippen LogP contribution in [0.5, 0.6) is 5.75 Å². The van der Waals surface area contributed by atoms with E-state index in [4.69, 9.17) is 2.64 Å². The summed E-state index contributed by atoms with van der Waals surface area (Å²) in [4.78, 5) is 0. The molecule has 1 heterocycles. The molecule has 2 rings (SSSR count). The molecule has 1 aliphatic rings. The van der Waals surface area contributed by atoms with Crippen molar-refractivity contribution >= 4 is 3.07 Å². The van der Waals surface area contributed by atoms with Gasteiger partial charge in [0.1, 0.15) is 0 Å². The van der Waals surface area contributed by atoms with Gasteiger partial charge in [0.25, 0.3) is 0 Å². The summed E-state index contributed by atoms with van der Waals surface area (Å²) in [5.74, 6) is 1.16. The summed E-state index contributed by atoms with van der Waals surface area (Å²) in [6, 6.07) is 6.29. The van der Waals surface area contributed by atoms with Gasteiger partial charge in [0.2, 0.25) is 0 Å². The normalized spacial score (nSPS) is 11.7. The Morgan fingerprint density at radius 2 is 2.33 bits per heavy atom. The minimum absolute atomic E-state index is 0.926. The molecule has 0 aromatic heterocycles. The zero-order valence-electron chi connectivity index (χ0n) is 5.35. The number of hydrogen-bond donors (Lipinski definition) is 0. The summed E-state index contributed by atoms with van der Waals surface area (Å²) in [6.07, 6.45) is 0. The third-order valence-corrected chi connectivity index (χ3v) is 8.15. The SMILES string of the molecule is Cc1cccc2[c]1[Hg][O]2. The molecule has 1 nitrogen and oxygen atoms in total. The van der Waals surface area contributed by atoms with Gasteiger partial charge in [0, 0.05) is 0 Å². The van der Waals surface area contributed by atoms with E-state index in [0.29, 0.717) is 0 Å². The average molecular weight is 307 g/mol. The molecule has 0 saturated heterocycles. The Balaban J connectivity index is 2.64. The molecule has 9 heavy (non-hydrogen) atoms. The Bertz CT molecular complexity index is 230. The molecular weight excluding hydrogens is 301 g/mol. The maximum absolute atomic E-state index is 5.38. The van der Waals surface area contributed by atoms with Gasteiger partial charge in [-0.3, -0.25) is 0 Å². The molecule has 1 aromatic rings. The van der Waals surface area contributed by atoms with Gasteiger partial charge >= 0.3 is 67.2 Å². The molecule has 0 bridgehead atoms. The van der Waals surface area contributed by atoms with E-state index in [1.54, 1.807) is 3.07 Å². The van der Waals surface area contributed by atoms with Gasteiger partial charge in [-0.2, -0.15) is 0 Å². The van der Waals surface area contributed by atoms with Gasteiger partial charge in [-0.1, -0.05) is 0 Å². The van der Waals surface area contributed by atoms with Gasteiger partial charge in [0.05, 0.1) is 0 Å². The van der Waals surface area contributed by atoms with E-state index in [9.17, 15) is 0 Å². The fourth-order valence-corrected chi connectivity index (χ4v) is 5.01. The molecule has 0 radical (unpaired) electrons. The Morgan fingerprint density at radius 3 is 2.78 bits per heavy atom. The summed E-state index contributed by atoms with van der Waals surface area (Å²) in [5, 5.41) is 0. The molecule has 0 unspecified atom stereocenters. The van der Waals surface area contributed by atoms with Crippen LogP contribution < -0.4 is 5.72 Å². The van der Waals surface area contributed by atoms with Crippen LogP contribution in [-0.2, 0) is 25.0 Å². The summed E-state index contributed by atoms with van der Waals surface area (Å²) in [7, 11) is 0. The summed E-state index contributed by atoms with van der Waals surface area (Å²) in [6.45, 7) is 2.17. The van der Waals surface area contributed by atoms with Crippen molar-refractivity contribution in [3.8, 4) is 5.75 Å². The molecule has 42 valence electrons. The number of hydrogen-bond acceptors (Lipinski definition) is 1. The minimum atomic E-state index is -0.926. The molecule has 1 aliphatic heterocycles. The molecule has 0 aliphatic carbocycles. The van der Waals surface area contributed by atoms with Crippen molar-refractivity contribution in [2.24, 2.45) is 0 Å². The number of aryl methyl sites for hydroxylation is 1. The van der Waals surface area contributed by atoms with E-state index in [0.717, 1.165) is 5.75 Å². The van der Waals surface area contributed by atoms with Crippen molar-refractivity contribution in [3.63, 3.8) is 0 Å². The predicted molar refractivity (Wildman–Crippen MR) is 31.4 cm³/mol.